The molecule has 2 N–H and O–H groups in total. The summed E-state index contributed by atoms with van der Waals surface area (Å²) in [5.74, 6) is -0.449. The minimum absolute atomic E-state index is 0.00150. The molecule has 0 fully saturated rings. The van der Waals surface area contributed by atoms with Crippen molar-refractivity contribution < 1.29 is 4.79 Å². The van der Waals surface area contributed by atoms with E-state index in [-0.39, 0.29) is 12.1 Å². The predicted molar refractivity (Wildman–Crippen MR) is 96.4 cm³/mol. The van der Waals surface area contributed by atoms with E-state index in [4.69, 9.17) is 16.9 Å². The average molecular weight is 340 g/mol. The van der Waals surface area contributed by atoms with Crippen LogP contribution < -0.4 is 10.6 Å². The molecule has 0 aliphatic carbocycles. The zero-order valence-corrected chi connectivity index (χ0v) is 14.1. The molecule has 122 valence electrons. The number of aryl methyl sites for hydroxylation is 1. The highest BCUT2D eigenvalue weighted by Crippen LogP contribution is 2.14. The quantitative estimate of drug-likeness (QED) is 0.616. The Morgan fingerprint density at radius 1 is 1.21 bits per heavy atom. The van der Waals surface area contributed by atoms with Crippen LogP contribution in [0, 0.1) is 11.3 Å². The van der Waals surface area contributed by atoms with Gasteiger partial charge in [-0.25, -0.2) is 0 Å². The number of carbonyl (C=O) groups excluding carboxylic acids is 1. The Kier molecular flexibility index (Phi) is 6.41. The van der Waals surface area contributed by atoms with E-state index >= 15 is 0 Å². The lowest BCUT2D eigenvalue weighted by molar-refractivity contribution is -0.117. The van der Waals surface area contributed by atoms with Crippen molar-refractivity contribution in [2.75, 3.05) is 5.32 Å². The van der Waals surface area contributed by atoms with Gasteiger partial charge in [0.15, 0.2) is 0 Å². The monoisotopic (exact) mass is 339 g/mol. The van der Waals surface area contributed by atoms with Crippen LogP contribution >= 0.6 is 11.6 Å². The van der Waals surface area contributed by atoms with Gasteiger partial charge < -0.3 is 10.6 Å². The highest BCUT2D eigenvalue weighted by Gasteiger charge is 2.09. The summed E-state index contributed by atoms with van der Waals surface area (Å²) in [6.07, 6.45) is 2.37. The normalized spacial score (nSPS) is 10.8. The van der Waals surface area contributed by atoms with E-state index in [1.54, 1.807) is 6.07 Å². The largest absolute Gasteiger partial charge is 0.360 e. The fourth-order valence-corrected chi connectivity index (χ4v) is 2.26. The summed E-state index contributed by atoms with van der Waals surface area (Å²) in [5.41, 5.74) is 2.84. The molecule has 0 saturated heterocycles. The molecule has 0 aliphatic heterocycles. The van der Waals surface area contributed by atoms with Crippen molar-refractivity contribution in [1.82, 2.24) is 5.32 Å². The van der Waals surface area contributed by atoms with Gasteiger partial charge in [0.2, 0.25) is 0 Å². The first kappa shape index (κ1) is 17.6. The lowest BCUT2D eigenvalue weighted by Crippen LogP contribution is -2.24. The minimum atomic E-state index is -0.449. The van der Waals surface area contributed by atoms with Gasteiger partial charge in [0.05, 0.1) is 0 Å². The molecule has 0 atom stereocenters. The van der Waals surface area contributed by atoms with Crippen molar-refractivity contribution in [2.45, 2.75) is 19.9 Å². The number of nitrogens with zero attached hydrogens (tertiary/aromatic N) is 1. The molecule has 5 heteroatoms. The maximum absolute atomic E-state index is 12.1. The lowest BCUT2D eigenvalue weighted by atomic mass is 10.1. The first-order valence-corrected chi connectivity index (χ1v) is 7.99. The van der Waals surface area contributed by atoms with Crippen molar-refractivity contribution in [3.63, 3.8) is 0 Å². The molecule has 0 aromatic heterocycles. The number of amides is 1. The molecule has 2 aromatic carbocycles. The molecule has 4 nitrogen and oxygen atoms in total. The first-order valence-electron chi connectivity index (χ1n) is 7.61. The number of rotatable bonds is 6. The second-order valence-electron chi connectivity index (χ2n) is 5.14. The number of benzene rings is 2. The maximum atomic E-state index is 12.1. The van der Waals surface area contributed by atoms with E-state index in [9.17, 15) is 4.79 Å². The highest BCUT2D eigenvalue weighted by molar-refractivity contribution is 6.31. The Labute approximate surface area is 146 Å². The molecule has 2 aromatic rings. The third-order valence-electron chi connectivity index (χ3n) is 3.51. The van der Waals surface area contributed by atoms with E-state index in [0.29, 0.717) is 5.02 Å². The molecule has 0 unspecified atom stereocenters. The van der Waals surface area contributed by atoms with Crippen LogP contribution in [0.15, 0.2) is 60.3 Å². The Bertz CT molecular complexity index is 776. The second kappa shape index (κ2) is 8.76. The molecule has 1 amide bonds. The number of hydrogen-bond acceptors (Lipinski definition) is 3. The van der Waals surface area contributed by atoms with Crippen LogP contribution in [0.4, 0.5) is 5.69 Å². The number of nitriles is 1. The second-order valence-corrected chi connectivity index (χ2v) is 5.55. The van der Waals surface area contributed by atoms with Crippen LogP contribution in [0.1, 0.15) is 18.1 Å². The van der Waals surface area contributed by atoms with Crippen LogP contribution in [0.25, 0.3) is 0 Å². The van der Waals surface area contributed by atoms with Gasteiger partial charge in [-0.3, -0.25) is 4.79 Å². The van der Waals surface area contributed by atoms with Gasteiger partial charge in [0.1, 0.15) is 11.6 Å². The van der Waals surface area contributed by atoms with Crippen LogP contribution in [0.5, 0.6) is 0 Å². The van der Waals surface area contributed by atoms with Gasteiger partial charge in [-0.1, -0.05) is 48.9 Å². The fourth-order valence-electron chi connectivity index (χ4n) is 2.05. The van der Waals surface area contributed by atoms with E-state index < -0.39 is 5.91 Å². The zero-order valence-electron chi connectivity index (χ0n) is 13.3. The van der Waals surface area contributed by atoms with Crippen molar-refractivity contribution in [3.05, 3.63) is 76.5 Å². The summed E-state index contributed by atoms with van der Waals surface area (Å²) in [7, 11) is 0. The zero-order chi connectivity index (χ0) is 17.4. The fraction of sp³-hybridized carbons (Fsp3) is 0.158. The number of anilines is 1. The Morgan fingerprint density at radius 3 is 2.54 bits per heavy atom. The van der Waals surface area contributed by atoms with E-state index in [1.807, 2.05) is 48.5 Å². The molecule has 0 aliphatic rings. The van der Waals surface area contributed by atoms with Gasteiger partial charge in [-0.05, 0) is 35.7 Å². The van der Waals surface area contributed by atoms with Gasteiger partial charge in [-0.2, -0.15) is 5.26 Å². The molecule has 0 bridgehead atoms. The van der Waals surface area contributed by atoms with Gasteiger partial charge in [0.25, 0.3) is 5.91 Å². The third-order valence-corrected chi connectivity index (χ3v) is 3.88. The molecule has 0 radical (unpaired) electrons. The van der Waals surface area contributed by atoms with Crippen LogP contribution in [-0.4, -0.2) is 5.91 Å². The highest BCUT2D eigenvalue weighted by atomic mass is 35.5. The van der Waals surface area contributed by atoms with Crippen LogP contribution in [0.3, 0.4) is 0 Å². The van der Waals surface area contributed by atoms with E-state index in [2.05, 4.69) is 17.6 Å². The van der Waals surface area contributed by atoms with Gasteiger partial charge in [-0.15, -0.1) is 0 Å². The Balaban J connectivity index is 1.97. The number of carbonyl (C=O) groups is 1. The summed E-state index contributed by atoms with van der Waals surface area (Å²) in [6.45, 7) is 2.35. The number of nitrogens with one attached hydrogen (secondary N) is 2. The number of hydrogen-bond donors (Lipinski definition) is 2. The first-order chi connectivity index (χ1) is 11.6. The predicted octanol–water partition coefficient (Wildman–Crippen LogP) is 4.04. The average Bonchev–Trinajstić information content (AvgIpc) is 2.62. The van der Waals surface area contributed by atoms with Crippen LogP contribution in [-0.2, 0) is 17.8 Å². The minimum Gasteiger partial charge on any atom is -0.360 e. The van der Waals surface area contributed by atoms with E-state index in [1.165, 1.54) is 11.8 Å². The third kappa shape index (κ3) is 4.87. The number of halogens is 1. The summed E-state index contributed by atoms with van der Waals surface area (Å²) in [5, 5.41) is 15.4. The Hall–Kier alpha value is -2.77. The maximum Gasteiger partial charge on any atom is 0.263 e. The van der Waals surface area contributed by atoms with Crippen molar-refractivity contribution in [1.29, 1.82) is 5.26 Å². The molecular formula is C19H18ClN3O. The summed E-state index contributed by atoms with van der Waals surface area (Å²) >= 11 is 6.04. The van der Waals surface area contributed by atoms with Gasteiger partial charge >= 0.3 is 0 Å². The van der Waals surface area contributed by atoms with E-state index in [0.717, 1.165) is 17.7 Å². The smallest absolute Gasteiger partial charge is 0.263 e. The standard InChI is InChI=1S/C19H18ClN3O/c1-2-14-7-9-17(10-8-14)22-13-16(11-21)19(24)23-12-15-5-3-4-6-18(15)20/h3-10,13,22H,2,12H2,1H3,(H,23,24)/b16-13-. The lowest BCUT2D eigenvalue weighted by Gasteiger charge is -2.07. The summed E-state index contributed by atoms with van der Waals surface area (Å²) < 4.78 is 0. The molecule has 0 heterocycles. The summed E-state index contributed by atoms with van der Waals surface area (Å²) in [6, 6.07) is 17.0. The van der Waals surface area contributed by atoms with Crippen molar-refractivity contribution in [3.8, 4) is 6.07 Å². The Morgan fingerprint density at radius 2 is 1.92 bits per heavy atom. The molecule has 2 rings (SSSR count). The van der Waals surface area contributed by atoms with Gasteiger partial charge in [0, 0.05) is 23.5 Å². The topological polar surface area (TPSA) is 64.9 Å². The van der Waals surface area contributed by atoms with Crippen LogP contribution in [0.2, 0.25) is 5.02 Å². The molecule has 0 spiro atoms. The van der Waals surface area contributed by atoms with Crippen molar-refractivity contribution >= 4 is 23.2 Å². The molecule has 0 saturated carbocycles. The molecular weight excluding hydrogens is 322 g/mol. The SMILES string of the molecule is CCc1ccc(N/C=C(/C#N)C(=O)NCc2ccccc2Cl)cc1. The van der Waals surface area contributed by atoms with Crippen molar-refractivity contribution in [2.24, 2.45) is 0 Å². The summed E-state index contributed by atoms with van der Waals surface area (Å²) in [4.78, 5) is 12.1. The molecule has 24 heavy (non-hydrogen) atoms.